The van der Waals surface area contributed by atoms with Gasteiger partial charge < -0.3 is 4.74 Å². The van der Waals surface area contributed by atoms with Gasteiger partial charge in [0.2, 0.25) is 5.88 Å². The van der Waals surface area contributed by atoms with Gasteiger partial charge in [-0.3, -0.25) is 9.48 Å². The second-order valence-electron chi connectivity index (χ2n) is 2.91. The minimum Gasteiger partial charge on any atom is -0.406 e. The van der Waals surface area contributed by atoms with Gasteiger partial charge in [0.25, 0.3) is 0 Å². The fourth-order valence-electron chi connectivity index (χ4n) is 0.937. The predicted octanol–water partition coefficient (Wildman–Crippen LogP) is 1.52. The van der Waals surface area contributed by atoms with Crippen LogP contribution in [0.25, 0.3) is 0 Å². The maximum Gasteiger partial charge on any atom is 0.312 e. The van der Waals surface area contributed by atoms with Crippen molar-refractivity contribution in [2.24, 2.45) is 7.05 Å². The first-order chi connectivity index (χ1) is 6.22. The van der Waals surface area contributed by atoms with Gasteiger partial charge in [-0.2, -0.15) is 0 Å². The minimum atomic E-state index is -0.208. The van der Waals surface area contributed by atoms with Gasteiger partial charge in [-0.05, 0) is 6.42 Å². The molecule has 0 fully saturated rings. The molecule has 1 aromatic heterocycles. The third-order valence-electron chi connectivity index (χ3n) is 1.64. The zero-order chi connectivity index (χ0) is 9.68. The molecule has 0 saturated carbocycles. The molecule has 0 radical (unpaired) electrons. The number of carbonyl (C=O) groups is 1. The van der Waals surface area contributed by atoms with Crippen molar-refractivity contribution in [2.45, 2.75) is 26.2 Å². The van der Waals surface area contributed by atoms with Crippen LogP contribution in [0.15, 0.2) is 12.3 Å². The van der Waals surface area contributed by atoms with Crippen molar-refractivity contribution in [3.05, 3.63) is 12.3 Å². The Bertz CT molecular complexity index is 281. The lowest BCUT2D eigenvalue weighted by molar-refractivity contribution is -0.134. The second kappa shape index (κ2) is 4.64. The van der Waals surface area contributed by atoms with E-state index in [2.05, 4.69) is 5.10 Å². The molecule has 0 saturated heterocycles. The van der Waals surface area contributed by atoms with Crippen LogP contribution >= 0.6 is 0 Å². The monoisotopic (exact) mass is 182 g/mol. The van der Waals surface area contributed by atoms with Gasteiger partial charge in [-0.25, -0.2) is 0 Å². The smallest absolute Gasteiger partial charge is 0.312 e. The molecule has 0 N–H and O–H groups in total. The van der Waals surface area contributed by atoms with Gasteiger partial charge in [-0.15, -0.1) is 5.10 Å². The number of esters is 1. The second-order valence-corrected chi connectivity index (χ2v) is 2.91. The van der Waals surface area contributed by atoms with Crippen LogP contribution in [-0.2, 0) is 11.8 Å². The lowest BCUT2D eigenvalue weighted by atomic mass is 10.2. The predicted molar refractivity (Wildman–Crippen MR) is 48.4 cm³/mol. The van der Waals surface area contributed by atoms with Crippen LogP contribution in [0.4, 0.5) is 0 Å². The van der Waals surface area contributed by atoms with Crippen LogP contribution in [0.1, 0.15) is 26.2 Å². The maximum atomic E-state index is 11.1. The Balaban J connectivity index is 2.36. The van der Waals surface area contributed by atoms with Crippen molar-refractivity contribution >= 4 is 5.97 Å². The van der Waals surface area contributed by atoms with Gasteiger partial charge in [0.1, 0.15) is 0 Å². The lowest BCUT2D eigenvalue weighted by Crippen LogP contribution is -2.07. The van der Waals surface area contributed by atoms with E-state index in [0.717, 1.165) is 12.8 Å². The summed E-state index contributed by atoms with van der Waals surface area (Å²) in [7, 11) is 1.78. The molecular formula is C9H14N2O2. The number of rotatable bonds is 4. The summed E-state index contributed by atoms with van der Waals surface area (Å²) in [5, 5.41) is 3.93. The van der Waals surface area contributed by atoms with E-state index in [9.17, 15) is 4.79 Å². The molecule has 72 valence electrons. The molecule has 1 rings (SSSR count). The molecule has 4 nitrogen and oxygen atoms in total. The van der Waals surface area contributed by atoms with Crippen LogP contribution in [0, 0.1) is 0 Å². The normalized spacial score (nSPS) is 10.0. The average molecular weight is 182 g/mol. The van der Waals surface area contributed by atoms with Gasteiger partial charge in [-0.1, -0.05) is 13.3 Å². The zero-order valence-corrected chi connectivity index (χ0v) is 7.99. The molecular weight excluding hydrogens is 168 g/mol. The third-order valence-corrected chi connectivity index (χ3v) is 1.64. The number of hydrogen-bond donors (Lipinski definition) is 0. The summed E-state index contributed by atoms with van der Waals surface area (Å²) in [6, 6.07) is 1.67. The molecule has 4 heteroatoms. The number of nitrogens with zero attached hydrogens (tertiary/aromatic N) is 2. The Hall–Kier alpha value is -1.32. The topological polar surface area (TPSA) is 44.1 Å². The number of ether oxygens (including phenoxy) is 1. The van der Waals surface area contributed by atoms with Crippen LogP contribution in [0.5, 0.6) is 5.88 Å². The first kappa shape index (κ1) is 9.77. The summed E-state index contributed by atoms with van der Waals surface area (Å²) in [5.41, 5.74) is 0. The molecule has 0 atom stereocenters. The van der Waals surface area contributed by atoms with Crippen molar-refractivity contribution in [1.29, 1.82) is 0 Å². The van der Waals surface area contributed by atoms with E-state index in [-0.39, 0.29) is 5.97 Å². The molecule has 0 amide bonds. The van der Waals surface area contributed by atoms with Gasteiger partial charge >= 0.3 is 5.97 Å². The number of aromatic nitrogens is 2. The average Bonchev–Trinajstić information content (AvgIpc) is 2.48. The first-order valence-electron chi connectivity index (χ1n) is 4.42. The van der Waals surface area contributed by atoms with Crippen molar-refractivity contribution in [3.63, 3.8) is 0 Å². The van der Waals surface area contributed by atoms with Crippen molar-refractivity contribution < 1.29 is 9.53 Å². The van der Waals surface area contributed by atoms with E-state index in [4.69, 9.17) is 4.74 Å². The molecule has 0 aliphatic rings. The summed E-state index contributed by atoms with van der Waals surface area (Å²) < 4.78 is 6.57. The van der Waals surface area contributed by atoms with Gasteiger partial charge in [0.05, 0.1) is 0 Å². The molecule has 0 bridgehead atoms. The third kappa shape index (κ3) is 3.27. The molecule has 0 aromatic carbocycles. The maximum absolute atomic E-state index is 11.1. The molecule has 0 spiro atoms. The van der Waals surface area contributed by atoms with E-state index >= 15 is 0 Å². The van der Waals surface area contributed by atoms with Crippen LogP contribution in [0.2, 0.25) is 0 Å². The van der Waals surface area contributed by atoms with E-state index in [1.54, 1.807) is 24.0 Å². The first-order valence-corrected chi connectivity index (χ1v) is 4.42. The fraction of sp³-hybridized carbons (Fsp3) is 0.556. The summed E-state index contributed by atoms with van der Waals surface area (Å²) in [6.07, 6.45) is 4.07. The van der Waals surface area contributed by atoms with Gasteiger partial charge in [0, 0.05) is 25.7 Å². The van der Waals surface area contributed by atoms with Crippen LogP contribution < -0.4 is 4.74 Å². The SMILES string of the molecule is CCCCC(=O)Oc1ccn(C)n1. The Kier molecular flexibility index (Phi) is 3.49. The summed E-state index contributed by atoms with van der Waals surface area (Å²) in [5.74, 6) is 0.171. The molecule has 0 aliphatic carbocycles. The van der Waals surface area contributed by atoms with E-state index < -0.39 is 0 Å². The molecule has 1 heterocycles. The fourth-order valence-corrected chi connectivity index (χ4v) is 0.937. The largest absolute Gasteiger partial charge is 0.406 e. The van der Waals surface area contributed by atoms with E-state index in [1.807, 2.05) is 6.92 Å². The molecule has 0 unspecified atom stereocenters. The number of carbonyl (C=O) groups excluding carboxylic acids is 1. The van der Waals surface area contributed by atoms with Crippen LogP contribution in [0.3, 0.4) is 0 Å². The Labute approximate surface area is 77.5 Å². The van der Waals surface area contributed by atoms with Crippen molar-refractivity contribution in [3.8, 4) is 5.88 Å². The highest BCUT2D eigenvalue weighted by atomic mass is 16.5. The highest BCUT2D eigenvalue weighted by molar-refractivity contribution is 5.71. The Morgan fingerprint density at radius 3 is 3.00 bits per heavy atom. The van der Waals surface area contributed by atoms with Crippen molar-refractivity contribution in [1.82, 2.24) is 9.78 Å². The highest BCUT2D eigenvalue weighted by Gasteiger charge is 2.05. The molecule has 1 aromatic rings. The van der Waals surface area contributed by atoms with Crippen molar-refractivity contribution in [2.75, 3.05) is 0 Å². The zero-order valence-electron chi connectivity index (χ0n) is 7.99. The number of aryl methyl sites for hydroxylation is 1. The summed E-state index contributed by atoms with van der Waals surface area (Å²) in [6.45, 7) is 2.04. The quantitative estimate of drug-likeness (QED) is 0.663. The Morgan fingerprint density at radius 2 is 2.46 bits per heavy atom. The van der Waals surface area contributed by atoms with Gasteiger partial charge in [0.15, 0.2) is 0 Å². The summed E-state index contributed by atoms with van der Waals surface area (Å²) in [4.78, 5) is 11.1. The number of unbranched alkanes of at least 4 members (excludes halogenated alkanes) is 1. The van der Waals surface area contributed by atoms with E-state index in [1.165, 1.54) is 0 Å². The standard InChI is InChI=1S/C9H14N2O2/c1-3-4-5-9(12)13-8-6-7-11(2)10-8/h6-7H,3-5H2,1-2H3. The summed E-state index contributed by atoms with van der Waals surface area (Å²) >= 11 is 0. The molecule has 13 heavy (non-hydrogen) atoms. The van der Waals surface area contributed by atoms with E-state index in [0.29, 0.717) is 12.3 Å². The van der Waals surface area contributed by atoms with Crippen LogP contribution in [-0.4, -0.2) is 15.7 Å². The highest BCUT2D eigenvalue weighted by Crippen LogP contribution is 2.06. The number of hydrogen-bond acceptors (Lipinski definition) is 3. The Morgan fingerprint density at radius 1 is 1.69 bits per heavy atom. The molecule has 0 aliphatic heterocycles. The minimum absolute atomic E-state index is 0.208. The lowest BCUT2D eigenvalue weighted by Gasteiger charge is -1.98.